The van der Waals surface area contributed by atoms with Crippen LogP contribution < -0.4 is 0 Å². The van der Waals surface area contributed by atoms with Gasteiger partial charge in [-0.25, -0.2) is 4.79 Å². The number of carbonyl (C=O) groups is 1. The first kappa shape index (κ1) is 12.1. The van der Waals surface area contributed by atoms with E-state index in [1.54, 1.807) is 0 Å². The van der Waals surface area contributed by atoms with Gasteiger partial charge in [-0.2, -0.15) is 17.8 Å². The monoisotopic (exact) mass is 216 g/mol. The minimum absolute atomic E-state index is 0.188. The summed E-state index contributed by atoms with van der Waals surface area (Å²) < 4.78 is 45.2. The van der Waals surface area contributed by atoms with Gasteiger partial charge in [0, 0.05) is 13.1 Å². The van der Waals surface area contributed by atoms with E-state index in [9.17, 15) is 21.6 Å². The quantitative estimate of drug-likeness (QED) is 0.508. The number of rotatable bonds is 2. The molecule has 78 valence electrons. The van der Waals surface area contributed by atoms with Gasteiger partial charge in [0.2, 0.25) is 0 Å². The fraction of sp³-hybridized carbons (Fsp3) is 0.800. The second-order valence-electron chi connectivity index (χ2n) is 2.59. The maximum absolute atomic E-state index is 12.4. The average molecular weight is 216 g/mol. The molecule has 0 aromatic carbocycles. The van der Waals surface area contributed by atoms with Crippen LogP contribution in [0.1, 0.15) is 13.8 Å². The lowest BCUT2D eigenvalue weighted by Gasteiger charge is -2.22. The topological polar surface area (TPSA) is 57.7 Å². The van der Waals surface area contributed by atoms with Gasteiger partial charge in [0.25, 0.3) is 0 Å². The van der Waals surface area contributed by atoms with Crippen LogP contribution in [0.15, 0.2) is 0 Å². The molecule has 0 atom stereocenters. The third-order valence-corrected chi connectivity index (χ3v) is 2.20. The average Bonchev–Trinajstić information content (AvgIpc) is 1.82. The highest BCUT2D eigenvalue weighted by Gasteiger charge is 2.32. The lowest BCUT2D eigenvalue weighted by molar-refractivity contribution is 0.0749. The first-order valence-corrected chi connectivity index (χ1v) is 4.69. The van der Waals surface area contributed by atoms with Gasteiger partial charge in [0.15, 0.2) is 0 Å². The summed E-state index contributed by atoms with van der Waals surface area (Å²) in [6.07, 6.45) is 0. The van der Waals surface area contributed by atoms with Crippen molar-refractivity contribution >= 4 is 16.4 Å². The van der Waals surface area contributed by atoms with Crippen LogP contribution in [0.3, 0.4) is 0 Å². The van der Waals surface area contributed by atoms with Crippen LogP contribution in [0.4, 0.5) is 13.2 Å². The van der Waals surface area contributed by atoms with Crippen LogP contribution in [0.5, 0.6) is 0 Å². The molecule has 0 aliphatic heterocycles. The van der Waals surface area contributed by atoms with Gasteiger partial charge in [0.1, 0.15) is 0 Å². The van der Waals surface area contributed by atoms with Crippen molar-refractivity contribution in [1.82, 2.24) is 9.43 Å². The van der Waals surface area contributed by atoms with Crippen molar-refractivity contribution in [3.05, 3.63) is 0 Å². The highest BCUT2D eigenvalue weighted by Crippen LogP contribution is 2.11. The molecule has 0 aliphatic rings. The zero-order valence-corrected chi connectivity index (χ0v) is 8.18. The Labute approximate surface area is 75.2 Å². The van der Waals surface area contributed by atoms with Gasteiger partial charge in [-0.15, -0.1) is 0 Å². The molecule has 13 heavy (non-hydrogen) atoms. The molecule has 0 spiro atoms. The smallest absolute Gasteiger partial charge is 0.245 e. The fourth-order valence-corrected chi connectivity index (χ4v) is 1.50. The van der Waals surface area contributed by atoms with Crippen molar-refractivity contribution in [2.75, 3.05) is 7.05 Å². The third-order valence-electron chi connectivity index (χ3n) is 1.16. The summed E-state index contributed by atoms with van der Waals surface area (Å²) in [4.78, 5) is 10.8. The number of nitrogens with zero attached hydrogens (tertiary/aromatic N) is 2. The Morgan fingerprint density at radius 1 is 1.38 bits per heavy atom. The zero-order chi connectivity index (χ0) is 10.8. The molecule has 0 bridgehead atoms. The van der Waals surface area contributed by atoms with Crippen molar-refractivity contribution < 1.29 is 21.6 Å². The number of hydrogen-bond acceptors (Lipinski definition) is 3. The largest absolute Gasteiger partial charge is 0.403 e. The summed E-state index contributed by atoms with van der Waals surface area (Å²) >= 11 is 0. The molecular weight excluding hydrogens is 206 g/mol. The van der Waals surface area contributed by atoms with Crippen molar-refractivity contribution in [2.45, 2.75) is 19.9 Å². The number of urea groups is 1. The lowest BCUT2D eigenvalue weighted by atomic mass is 10.4. The van der Waals surface area contributed by atoms with E-state index in [1.807, 2.05) is 0 Å². The first-order chi connectivity index (χ1) is 5.68. The minimum atomic E-state index is -5.21. The lowest BCUT2D eigenvalue weighted by Crippen LogP contribution is -2.44. The number of halogens is 2. The Hall–Kier alpha value is -0.920. The van der Waals surface area contributed by atoms with E-state index in [4.69, 9.17) is 0 Å². The molecule has 0 N–H and O–H groups in total. The normalized spacial score (nSPS) is 11.5. The van der Waals surface area contributed by atoms with Crippen LogP contribution in [-0.2, 0) is 10.4 Å². The van der Waals surface area contributed by atoms with E-state index in [-0.39, 0.29) is 4.31 Å². The van der Waals surface area contributed by atoms with E-state index in [0.717, 1.165) is 0 Å². The Bertz CT molecular complexity index is 288. The van der Waals surface area contributed by atoms with E-state index < -0.39 is 27.6 Å². The van der Waals surface area contributed by atoms with Gasteiger partial charge >= 0.3 is 16.4 Å². The highest BCUT2D eigenvalue weighted by atomic mass is 32.3. The van der Waals surface area contributed by atoms with Gasteiger partial charge in [-0.3, -0.25) is 0 Å². The maximum atomic E-state index is 12.4. The van der Waals surface area contributed by atoms with Crippen molar-refractivity contribution in [3.8, 4) is 0 Å². The fourth-order valence-electron chi connectivity index (χ4n) is 0.702. The molecule has 0 radical (unpaired) electrons. The summed E-state index contributed by atoms with van der Waals surface area (Å²) in [5.74, 6) is 0. The molecule has 2 amide bonds. The molecular formula is C5H10F2N2O3S. The van der Waals surface area contributed by atoms with E-state index >= 15 is 0 Å². The molecule has 0 heterocycles. The van der Waals surface area contributed by atoms with Crippen LogP contribution in [0, 0.1) is 0 Å². The third kappa shape index (κ3) is 3.13. The first-order valence-electron chi connectivity index (χ1n) is 3.35. The second kappa shape index (κ2) is 3.86. The standard InChI is InChI=1S/C5H10F2N2O3S/c1-4(2)9(13(7,11)12)5(10)8(3)6/h4H,1-3H3. The van der Waals surface area contributed by atoms with Crippen LogP contribution in [0.25, 0.3) is 0 Å². The minimum Gasteiger partial charge on any atom is -0.245 e. The summed E-state index contributed by atoms with van der Waals surface area (Å²) in [5, 5.41) is -0.503. The van der Waals surface area contributed by atoms with E-state index in [0.29, 0.717) is 7.05 Å². The molecule has 0 rings (SSSR count). The molecule has 0 aliphatic carbocycles. The van der Waals surface area contributed by atoms with Gasteiger partial charge in [0.05, 0.1) is 0 Å². The Morgan fingerprint density at radius 3 is 1.85 bits per heavy atom. The molecule has 0 aromatic heterocycles. The van der Waals surface area contributed by atoms with Crippen LogP contribution in [-0.4, -0.2) is 37.0 Å². The summed E-state index contributed by atoms with van der Waals surface area (Å²) in [6, 6.07) is -2.53. The molecule has 0 fully saturated rings. The molecule has 0 aromatic rings. The molecule has 8 heteroatoms. The predicted molar refractivity (Wildman–Crippen MR) is 41.3 cm³/mol. The number of amides is 2. The molecule has 0 saturated heterocycles. The van der Waals surface area contributed by atoms with Crippen LogP contribution >= 0.6 is 0 Å². The van der Waals surface area contributed by atoms with Crippen LogP contribution in [0.2, 0.25) is 0 Å². The van der Waals surface area contributed by atoms with E-state index in [1.165, 1.54) is 13.8 Å². The van der Waals surface area contributed by atoms with Gasteiger partial charge < -0.3 is 0 Å². The van der Waals surface area contributed by atoms with E-state index in [2.05, 4.69) is 0 Å². The molecule has 5 nitrogen and oxygen atoms in total. The summed E-state index contributed by atoms with van der Waals surface area (Å²) in [7, 11) is -4.52. The van der Waals surface area contributed by atoms with Crippen molar-refractivity contribution in [2.24, 2.45) is 0 Å². The second-order valence-corrected chi connectivity index (χ2v) is 3.81. The Kier molecular flexibility index (Phi) is 3.59. The molecule has 0 saturated carbocycles. The zero-order valence-electron chi connectivity index (χ0n) is 7.36. The summed E-state index contributed by atoms with van der Waals surface area (Å²) in [6.45, 7) is 2.50. The maximum Gasteiger partial charge on any atom is 0.403 e. The van der Waals surface area contributed by atoms with Crippen molar-refractivity contribution in [1.29, 1.82) is 0 Å². The van der Waals surface area contributed by atoms with Crippen molar-refractivity contribution in [3.63, 3.8) is 0 Å². The number of hydrogen-bond donors (Lipinski definition) is 0. The Morgan fingerprint density at radius 2 is 1.77 bits per heavy atom. The van der Waals surface area contributed by atoms with Gasteiger partial charge in [-0.05, 0) is 13.8 Å². The Balaban J connectivity index is 4.96. The van der Waals surface area contributed by atoms with Gasteiger partial charge in [-0.1, -0.05) is 8.37 Å². The summed E-state index contributed by atoms with van der Waals surface area (Å²) in [5.41, 5.74) is 0. The molecule has 0 unspecified atom stereocenters. The number of carbonyl (C=O) groups excluding carboxylic acids is 1. The predicted octanol–water partition coefficient (Wildman–Crippen LogP) is 0.847. The highest BCUT2D eigenvalue weighted by molar-refractivity contribution is 7.84. The SMILES string of the molecule is CC(C)N(C(=O)N(C)F)S(=O)(=O)F.